The molecule has 1 fully saturated rings. The van der Waals surface area contributed by atoms with Crippen molar-refractivity contribution >= 4 is 5.91 Å². The Bertz CT molecular complexity index is 755. The number of benzene rings is 1. The third-order valence-corrected chi connectivity index (χ3v) is 4.69. The van der Waals surface area contributed by atoms with Crippen molar-refractivity contribution in [1.29, 1.82) is 0 Å². The van der Waals surface area contributed by atoms with E-state index < -0.39 is 0 Å². The first-order valence-electron chi connectivity index (χ1n) is 8.56. The molecule has 1 aromatic carbocycles. The molecule has 0 saturated heterocycles. The van der Waals surface area contributed by atoms with Gasteiger partial charge in [-0.1, -0.05) is 50.1 Å². The van der Waals surface area contributed by atoms with Crippen molar-refractivity contribution < 1.29 is 4.79 Å². The molecule has 3 rings (SSSR count). The van der Waals surface area contributed by atoms with E-state index >= 15 is 0 Å². The fourth-order valence-electron chi connectivity index (χ4n) is 3.24. The lowest BCUT2D eigenvalue weighted by Gasteiger charge is -2.29. The van der Waals surface area contributed by atoms with Crippen LogP contribution < -0.4 is 10.9 Å². The summed E-state index contributed by atoms with van der Waals surface area (Å²) < 4.78 is 1.24. The third-order valence-electron chi connectivity index (χ3n) is 4.69. The number of carbonyl (C=O) groups excluding carboxylic acids is 1. The number of hydrogen-bond donors (Lipinski definition) is 1. The number of nitrogens with one attached hydrogen (secondary N) is 1. The van der Waals surface area contributed by atoms with E-state index in [4.69, 9.17) is 0 Å². The van der Waals surface area contributed by atoms with Crippen molar-refractivity contribution in [2.24, 2.45) is 5.92 Å². The van der Waals surface area contributed by atoms with Gasteiger partial charge >= 0.3 is 0 Å². The van der Waals surface area contributed by atoms with Crippen LogP contribution in [0.1, 0.15) is 32.6 Å². The van der Waals surface area contributed by atoms with Gasteiger partial charge in [-0.2, -0.15) is 5.10 Å². The third kappa shape index (κ3) is 3.91. The summed E-state index contributed by atoms with van der Waals surface area (Å²) in [5.74, 6) is 0.344. The SMILES string of the molecule is C[C@@H]1CCCC[C@@H]1NC(=O)Cn1nc(-c2ccccc2)ccc1=O. The molecule has 1 heterocycles. The second-order valence-electron chi connectivity index (χ2n) is 6.52. The Balaban J connectivity index is 1.72. The Morgan fingerprint density at radius 1 is 1.17 bits per heavy atom. The predicted octanol–water partition coefficient (Wildman–Crippen LogP) is 2.61. The van der Waals surface area contributed by atoms with E-state index in [2.05, 4.69) is 17.3 Å². The van der Waals surface area contributed by atoms with Crippen LogP contribution in [0.4, 0.5) is 0 Å². The van der Waals surface area contributed by atoms with Crippen LogP contribution in [0, 0.1) is 5.92 Å². The Morgan fingerprint density at radius 3 is 2.67 bits per heavy atom. The molecular weight excluding hydrogens is 302 g/mol. The molecule has 0 radical (unpaired) electrons. The molecule has 1 aromatic heterocycles. The number of rotatable bonds is 4. The summed E-state index contributed by atoms with van der Waals surface area (Å²) in [6.45, 7) is 2.13. The summed E-state index contributed by atoms with van der Waals surface area (Å²) in [4.78, 5) is 24.3. The first-order valence-corrected chi connectivity index (χ1v) is 8.56. The highest BCUT2D eigenvalue weighted by atomic mass is 16.2. The number of hydrogen-bond acceptors (Lipinski definition) is 3. The maximum atomic E-state index is 12.3. The quantitative estimate of drug-likeness (QED) is 0.940. The summed E-state index contributed by atoms with van der Waals surface area (Å²) in [7, 11) is 0. The van der Waals surface area contributed by atoms with Gasteiger partial charge in [0.05, 0.1) is 5.69 Å². The highest BCUT2D eigenvalue weighted by Gasteiger charge is 2.23. The van der Waals surface area contributed by atoms with Gasteiger partial charge in [-0.15, -0.1) is 0 Å². The van der Waals surface area contributed by atoms with E-state index in [1.165, 1.54) is 17.2 Å². The van der Waals surface area contributed by atoms with Crippen LogP contribution >= 0.6 is 0 Å². The van der Waals surface area contributed by atoms with Crippen LogP contribution in [-0.4, -0.2) is 21.7 Å². The second kappa shape index (κ2) is 7.43. The van der Waals surface area contributed by atoms with Crippen LogP contribution in [0.15, 0.2) is 47.3 Å². The molecule has 0 aliphatic heterocycles. The zero-order valence-electron chi connectivity index (χ0n) is 13.9. The second-order valence-corrected chi connectivity index (χ2v) is 6.52. The number of aromatic nitrogens is 2. The van der Waals surface area contributed by atoms with Gasteiger partial charge in [0.2, 0.25) is 5.91 Å². The van der Waals surface area contributed by atoms with Crippen LogP contribution in [-0.2, 0) is 11.3 Å². The van der Waals surface area contributed by atoms with Crippen LogP contribution in [0.25, 0.3) is 11.3 Å². The van der Waals surface area contributed by atoms with Crippen molar-refractivity contribution in [2.45, 2.75) is 45.2 Å². The standard InChI is InChI=1S/C19H23N3O2/c1-14-7-5-6-10-16(14)20-18(23)13-22-19(24)12-11-17(21-22)15-8-3-2-4-9-15/h2-4,8-9,11-12,14,16H,5-7,10,13H2,1H3,(H,20,23)/t14-,16+/m1/s1. The minimum atomic E-state index is -0.262. The Morgan fingerprint density at radius 2 is 1.92 bits per heavy atom. The molecule has 1 amide bonds. The van der Waals surface area contributed by atoms with Gasteiger partial charge < -0.3 is 5.32 Å². The van der Waals surface area contributed by atoms with E-state index in [9.17, 15) is 9.59 Å². The molecule has 1 saturated carbocycles. The Hall–Kier alpha value is -2.43. The normalized spacial score (nSPS) is 20.5. The van der Waals surface area contributed by atoms with Crippen molar-refractivity contribution in [3.8, 4) is 11.3 Å². The van der Waals surface area contributed by atoms with E-state index in [1.807, 2.05) is 30.3 Å². The van der Waals surface area contributed by atoms with E-state index in [0.717, 1.165) is 24.8 Å². The highest BCUT2D eigenvalue weighted by Crippen LogP contribution is 2.23. The maximum Gasteiger partial charge on any atom is 0.267 e. The van der Waals surface area contributed by atoms with Gasteiger partial charge in [0.15, 0.2) is 0 Å². The summed E-state index contributed by atoms with van der Waals surface area (Å²) in [5.41, 5.74) is 1.35. The Labute approximate surface area is 141 Å². The van der Waals surface area contributed by atoms with Crippen molar-refractivity contribution in [3.63, 3.8) is 0 Å². The largest absolute Gasteiger partial charge is 0.351 e. The van der Waals surface area contributed by atoms with Gasteiger partial charge in [-0.3, -0.25) is 9.59 Å². The molecular formula is C19H23N3O2. The summed E-state index contributed by atoms with van der Waals surface area (Å²) in [5, 5.41) is 7.40. The molecule has 2 atom stereocenters. The fourth-order valence-corrected chi connectivity index (χ4v) is 3.24. The lowest BCUT2D eigenvalue weighted by molar-refractivity contribution is -0.123. The molecule has 0 bridgehead atoms. The zero-order valence-corrected chi connectivity index (χ0v) is 13.9. The maximum absolute atomic E-state index is 12.3. The summed E-state index contributed by atoms with van der Waals surface area (Å²) >= 11 is 0. The smallest absolute Gasteiger partial charge is 0.267 e. The first-order chi connectivity index (χ1) is 11.6. The molecule has 126 valence electrons. The van der Waals surface area contributed by atoms with Crippen molar-refractivity contribution in [1.82, 2.24) is 15.1 Å². The average Bonchev–Trinajstić information content (AvgIpc) is 2.60. The van der Waals surface area contributed by atoms with Crippen molar-refractivity contribution in [3.05, 3.63) is 52.8 Å². The molecule has 1 aliphatic carbocycles. The molecule has 0 unspecified atom stereocenters. The molecule has 1 aliphatic rings. The molecule has 1 N–H and O–H groups in total. The van der Waals surface area contributed by atoms with Crippen molar-refractivity contribution in [2.75, 3.05) is 0 Å². The van der Waals surface area contributed by atoms with Crippen LogP contribution in [0.3, 0.4) is 0 Å². The monoisotopic (exact) mass is 325 g/mol. The van der Waals surface area contributed by atoms with Gasteiger partial charge in [-0.25, -0.2) is 4.68 Å². The topological polar surface area (TPSA) is 64.0 Å². The fraction of sp³-hybridized carbons (Fsp3) is 0.421. The molecule has 2 aromatic rings. The van der Waals surface area contributed by atoms with E-state index in [-0.39, 0.29) is 24.1 Å². The number of carbonyl (C=O) groups is 1. The molecule has 5 nitrogen and oxygen atoms in total. The number of amides is 1. The minimum absolute atomic E-state index is 0.0390. The molecule has 5 heteroatoms. The van der Waals surface area contributed by atoms with Gasteiger partial charge in [0.1, 0.15) is 6.54 Å². The lowest BCUT2D eigenvalue weighted by atomic mass is 9.86. The van der Waals surface area contributed by atoms with Crippen LogP contribution in [0.5, 0.6) is 0 Å². The summed E-state index contributed by atoms with van der Waals surface area (Å²) in [6.07, 6.45) is 4.54. The first kappa shape index (κ1) is 16.4. The van der Waals surface area contributed by atoms with E-state index in [1.54, 1.807) is 6.07 Å². The Kier molecular flexibility index (Phi) is 5.08. The average molecular weight is 325 g/mol. The van der Waals surface area contributed by atoms with Gasteiger partial charge in [0.25, 0.3) is 5.56 Å². The highest BCUT2D eigenvalue weighted by molar-refractivity contribution is 5.76. The lowest BCUT2D eigenvalue weighted by Crippen LogP contribution is -2.43. The van der Waals surface area contributed by atoms with Gasteiger partial charge in [-0.05, 0) is 24.8 Å². The zero-order chi connectivity index (χ0) is 16.9. The minimum Gasteiger partial charge on any atom is -0.351 e. The van der Waals surface area contributed by atoms with Gasteiger partial charge in [0, 0.05) is 17.7 Å². The van der Waals surface area contributed by atoms with Crippen LogP contribution in [0.2, 0.25) is 0 Å². The summed E-state index contributed by atoms with van der Waals surface area (Å²) in [6, 6.07) is 13.0. The predicted molar refractivity (Wildman–Crippen MR) is 93.5 cm³/mol. The molecule has 24 heavy (non-hydrogen) atoms. The van der Waals surface area contributed by atoms with E-state index in [0.29, 0.717) is 11.6 Å². The number of nitrogens with zero attached hydrogens (tertiary/aromatic N) is 2. The molecule has 0 spiro atoms.